The average molecular weight is 343 g/mol. The predicted octanol–water partition coefficient (Wildman–Crippen LogP) is 2.94. The number of oxazole rings is 1. The second kappa shape index (κ2) is 6.82. The van der Waals surface area contributed by atoms with Gasteiger partial charge in [-0.05, 0) is 31.9 Å². The van der Waals surface area contributed by atoms with Crippen LogP contribution in [-0.4, -0.2) is 46.6 Å². The Labute approximate surface area is 148 Å². The lowest BCUT2D eigenvalue weighted by atomic mass is 10.1. The van der Waals surface area contributed by atoms with E-state index in [0.717, 1.165) is 24.4 Å². The first-order valence-electron chi connectivity index (χ1n) is 8.67. The van der Waals surface area contributed by atoms with Crippen molar-refractivity contribution < 1.29 is 9.21 Å². The van der Waals surface area contributed by atoms with Gasteiger partial charge in [-0.15, -0.1) is 5.10 Å². The second-order valence-corrected chi connectivity index (χ2v) is 6.98. The van der Waals surface area contributed by atoms with E-state index in [4.69, 9.17) is 4.42 Å². The van der Waals surface area contributed by atoms with Crippen LogP contribution in [0.2, 0.25) is 0 Å². The molecule has 0 bridgehead atoms. The topological polar surface area (TPSA) is 75.4 Å². The van der Waals surface area contributed by atoms with Gasteiger partial charge < -0.3 is 14.2 Å². The van der Waals surface area contributed by atoms with E-state index in [1.165, 1.54) is 0 Å². The smallest absolute Gasteiger partial charge is 0.276 e. The Morgan fingerprint density at radius 2 is 2.08 bits per heavy atom. The molecular weight excluding hydrogens is 318 g/mol. The van der Waals surface area contributed by atoms with Crippen LogP contribution in [0, 0.1) is 6.92 Å². The van der Waals surface area contributed by atoms with Gasteiger partial charge in [-0.3, -0.25) is 4.79 Å². The molecule has 3 rings (SSSR count). The molecule has 1 aliphatic heterocycles. The number of hydrogen-bond donors (Lipinski definition) is 0. The largest absolute Gasteiger partial charge is 0.445 e. The molecule has 0 radical (unpaired) electrons. The van der Waals surface area contributed by atoms with Crippen LogP contribution in [0.4, 0.5) is 5.82 Å². The van der Waals surface area contributed by atoms with Gasteiger partial charge in [-0.1, -0.05) is 13.8 Å². The molecule has 1 fully saturated rings. The summed E-state index contributed by atoms with van der Waals surface area (Å²) in [5, 5.41) is 8.57. The van der Waals surface area contributed by atoms with Crippen molar-refractivity contribution in [2.75, 3.05) is 25.5 Å². The Bertz CT molecular complexity index is 751. The highest BCUT2D eigenvalue weighted by Gasteiger charge is 2.34. The third kappa shape index (κ3) is 3.36. The predicted molar refractivity (Wildman–Crippen MR) is 94.7 cm³/mol. The fourth-order valence-electron chi connectivity index (χ4n) is 3.07. The summed E-state index contributed by atoms with van der Waals surface area (Å²) >= 11 is 0. The van der Waals surface area contributed by atoms with E-state index in [0.29, 0.717) is 23.9 Å². The minimum atomic E-state index is -0.0888. The normalized spacial score (nSPS) is 17.4. The zero-order chi connectivity index (χ0) is 18.1. The third-order valence-electron chi connectivity index (χ3n) is 4.49. The first-order valence-corrected chi connectivity index (χ1v) is 8.67. The van der Waals surface area contributed by atoms with Gasteiger partial charge in [-0.2, -0.15) is 5.10 Å². The zero-order valence-corrected chi connectivity index (χ0v) is 15.5. The molecule has 134 valence electrons. The summed E-state index contributed by atoms with van der Waals surface area (Å²) in [6, 6.07) is 3.82. The summed E-state index contributed by atoms with van der Waals surface area (Å²) in [5.41, 5.74) is 1.23. The molecule has 7 nitrogen and oxygen atoms in total. The van der Waals surface area contributed by atoms with Gasteiger partial charge in [0.25, 0.3) is 5.91 Å². The molecule has 1 amide bonds. The summed E-state index contributed by atoms with van der Waals surface area (Å²) in [4.78, 5) is 21.2. The standard InChI is InChI=1S/C18H25N5O2/c1-11(2)17-19-16(12(3)25-17)18(24)23-10-6-7-14(23)13-8-9-15(21-20-13)22(4)5/h8-9,11,14H,6-7,10H2,1-5H3. The van der Waals surface area contributed by atoms with E-state index in [2.05, 4.69) is 15.2 Å². The number of carbonyl (C=O) groups is 1. The van der Waals surface area contributed by atoms with Crippen LogP contribution in [0.1, 0.15) is 66.5 Å². The number of likely N-dealkylation sites (tertiary alicyclic amines) is 1. The van der Waals surface area contributed by atoms with Crippen LogP contribution >= 0.6 is 0 Å². The van der Waals surface area contributed by atoms with Crippen LogP contribution in [-0.2, 0) is 0 Å². The molecule has 1 saturated heterocycles. The highest BCUT2D eigenvalue weighted by Crippen LogP contribution is 2.33. The Hall–Kier alpha value is -2.44. The van der Waals surface area contributed by atoms with Gasteiger partial charge in [-0.25, -0.2) is 4.98 Å². The van der Waals surface area contributed by atoms with Crippen molar-refractivity contribution in [3.8, 4) is 0 Å². The van der Waals surface area contributed by atoms with Crippen molar-refractivity contribution in [1.29, 1.82) is 0 Å². The molecule has 1 atom stereocenters. The number of aromatic nitrogens is 3. The van der Waals surface area contributed by atoms with E-state index in [9.17, 15) is 4.79 Å². The SMILES string of the molecule is Cc1oc(C(C)C)nc1C(=O)N1CCCC1c1ccc(N(C)C)nn1. The number of nitrogens with zero attached hydrogens (tertiary/aromatic N) is 5. The first-order chi connectivity index (χ1) is 11.9. The molecule has 0 aliphatic carbocycles. The van der Waals surface area contributed by atoms with Crippen LogP contribution in [0.3, 0.4) is 0 Å². The summed E-state index contributed by atoms with van der Waals surface area (Å²) in [7, 11) is 3.85. The molecule has 7 heteroatoms. The quantitative estimate of drug-likeness (QED) is 0.849. The van der Waals surface area contributed by atoms with E-state index < -0.39 is 0 Å². The molecule has 3 heterocycles. The van der Waals surface area contributed by atoms with E-state index in [-0.39, 0.29) is 17.9 Å². The second-order valence-electron chi connectivity index (χ2n) is 6.98. The number of anilines is 1. The zero-order valence-electron chi connectivity index (χ0n) is 15.5. The van der Waals surface area contributed by atoms with Crippen LogP contribution in [0.5, 0.6) is 0 Å². The average Bonchev–Trinajstić information content (AvgIpc) is 3.21. The Balaban J connectivity index is 1.84. The summed E-state index contributed by atoms with van der Waals surface area (Å²) in [6.45, 7) is 6.49. The number of carbonyl (C=O) groups excluding carboxylic acids is 1. The van der Waals surface area contributed by atoms with E-state index >= 15 is 0 Å². The van der Waals surface area contributed by atoms with Crippen molar-refractivity contribution in [3.05, 3.63) is 35.2 Å². The van der Waals surface area contributed by atoms with E-state index in [1.54, 1.807) is 6.92 Å². The van der Waals surface area contributed by atoms with Crippen molar-refractivity contribution >= 4 is 11.7 Å². The molecule has 0 aromatic carbocycles. The number of amides is 1. The fourth-order valence-corrected chi connectivity index (χ4v) is 3.07. The number of aryl methyl sites for hydroxylation is 1. The van der Waals surface area contributed by atoms with Crippen LogP contribution < -0.4 is 4.90 Å². The Kier molecular flexibility index (Phi) is 4.74. The van der Waals surface area contributed by atoms with Gasteiger partial charge in [0, 0.05) is 26.6 Å². The summed E-state index contributed by atoms with van der Waals surface area (Å²) < 4.78 is 5.65. The molecular formula is C18H25N5O2. The van der Waals surface area contributed by atoms with Crippen molar-refractivity contribution in [1.82, 2.24) is 20.1 Å². The number of hydrogen-bond acceptors (Lipinski definition) is 6. The molecule has 2 aromatic heterocycles. The molecule has 25 heavy (non-hydrogen) atoms. The Morgan fingerprint density at radius 1 is 1.32 bits per heavy atom. The Morgan fingerprint density at radius 3 is 2.64 bits per heavy atom. The first kappa shape index (κ1) is 17.4. The molecule has 2 aromatic rings. The molecule has 0 N–H and O–H groups in total. The van der Waals surface area contributed by atoms with Crippen LogP contribution in [0.25, 0.3) is 0 Å². The fraction of sp³-hybridized carbons (Fsp3) is 0.556. The highest BCUT2D eigenvalue weighted by atomic mass is 16.4. The summed E-state index contributed by atoms with van der Waals surface area (Å²) in [5.74, 6) is 2.04. The maximum absolute atomic E-state index is 13.0. The minimum absolute atomic E-state index is 0.0604. The van der Waals surface area contributed by atoms with Gasteiger partial charge in [0.15, 0.2) is 17.4 Å². The van der Waals surface area contributed by atoms with Crippen molar-refractivity contribution in [2.24, 2.45) is 0 Å². The lowest BCUT2D eigenvalue weighted by Crippen LogP contribution is -2.32. The summed E-state index contributed by atoms with van der Waals surface area (Å²) in [6.07, 6.45) is 1.83. The maximum Gasteiger partial charge on any atom is 0.276 e. The van der Waals surface area contributed by atoms with E-state index in [1.807, 2.05) is 49.9 Å². The number of rotatable bonds is 4. The lowest BCUT2D eigenvalue weighted by Gasteiger charge is -2.23. The highest BCUT2D eigenvalue weighted by molar-refractivity contribution is 5.93. The molecule has 1 aliphatic rings. The monoisotopic (exact) mass is 343 g/mol. The van der Waals surface area contributed by atoms with Crippen molar-refractivity contribution in [3.63, 3.8) is 0 Å². The van der Waals surface area contributed by atoms with Gasteiger partial charge in [0.1, 0.15) is 5.76 Å². The maximum atomic E-state index is 13.0. The van der Waals surface area contributed by atoms with Crippen molar-refractivity contribution in [2.45, 2.75) is 45.6 Å². The minimum Gasteiger partial charge on any atom is -0.445 e. The molecule has 0 saturated carbocycles. The van der Waals surface area contributed by atoms with Gasteiger partial charge in [0.05, 0.1) is 11.7 Å². The molecule has 0 spiro atoms. The van der Waals surface area contributed by atoms with Gasteiger partial charge >= 0.3 is 0 Å². The molecule has 1 unspecified atom stereocenters. The third-order valence-corrected chi connectivity index (χ3v) is 4.49. The van der Waals surface area contributed by atoms with Crippen LogP contribution in [0.15, 0.2) is 16.5 Å². The van der Waals surface area contributed by atoms with Gasteiger partial charge in [0.2, 0.25) is 0 Å². The lowest BCUT2D eigenvalue weighted by molar-refractivity contribution is 0.0725.